The van der Waals surface area contributed by atoms with Crippen LogP contribution in [0.25, 0.3) is 21.8 Å². The van der Waals surface area contributed by atoms with Crippen LogP contribution in [0.3, 0.4) is 0 Å². The summed E-state index contributed by atoms with van der Waals surface area (Å²) >= 11 is 1.56. The zero-order valence-electron chi connectivity index (χ0n) is 13.3. The highest BCUT2D eigenvalue weighted by Crippen LogP contribution is 2.39. The molecule has 0 aliphatic carbocycles. The summed E-state index contributed by atoms with van der Waals surface area (Å²) in [5.74, 6) is -0.265. The minimum absolute atomic E-state index is 0.265. The van der Waals surface area contributed by atoms with Crippen LogP contribution in [-0.4, -0.2) is 4.98 Å². The van der Waals surface area contributed by atoms with Crippen LogP contribution >= 0.6 is 11.3 Å². The van der Waals surface area contributed by atoms with E-state index in [2.05, 4.69) is 5.32 Å². The van der Waals surface area contributed by atoms with Crippen LogP contribution in [0.2, 0.25) is 0 Å². The van der Waals surface area contributed by atoms with Gasteiger partial charge < -0.3 is 5.32 Å². The third-order valence-electron chi connectivity index (χ3n) is 3.78. The fourth-order valence-electron chi connectivity index (χ4n) is 2.60. The molecule has 1 aromatic heterocycles. The lowest BCUT2D eigenvalue weighted by molar-refractivity contribution is 0.628. The largest absolute Gasteiger partial charge is 0.345 e. The lowest BCUT2D eigenvalue weighted by atomic mass is 10.1. The van der Waals surface area contributed by atoms with Gasteiger partial charge in [-0.15, -0.1) is 0 Å². The molecular formula is C21H15FN2S. The van der Waals surface area contributed by atoms with E-state index in [-0.39, 0.29) is 5.82 Å². The lowest BCUT2D eigenvalue weighted by Gasteiger charge is -2.06. The highest BCUT2D eigenvalue weighted by atomic mass is 32.1. The van der Waals surface area contributed by atoms with Gasteiger partial charge >= 0.3 is 0 Å². The van der Waals surface area contributed by atoms with E-state index in [1.54, 1.807) is 17.4 Å². The van der Waals surface area contributed by atoms with Crippen molar-refractivity contribution < 1.29 is 4.39 Å². The summed E-state index contributed by atoms with van der Waals surface area (Å²) in [5.41, 5.74) is 3.67. The summed E-state index contributed by atoms with van der Waals surface area (Å²) in [6, 6.07) is 26.5. The summed E-state index contributed by atoms with van der Waals surface area (Å²) in [6.45, 7) is 0. The zero-order valence-corrected chi connectivity index (χ0v) is 14.1. The summed E-state index contributed by atoms with van der Waals surface area (Å²) < 4.78 is 13.5. The Morgan fingerprint density at radius 1 is 0.760 bits per heavy atom. The lowest BCUT2D eigenvalue weighted by Crippen LogP contribution is -1.91. The monoisotopic (exact) mass is 346 g/mol. The van der Waals surface area contributed by atoms with Gasteiger partial charge in [0.05, 0.1) is 0 Å². The summed E-state index contributed by atoms with van der Waals surface area (Å²) in [6.07, 6.45) is 0. The average molecular weight is 346 g/mol. The number of hydrogen-bond acceptors (Lipinski definition) is 3. The molecule has 4 rings (SSSR count). The second-order valence-electron chi connectivity index (χ2n) is 5.56. The van der Waals surface area contributed by atoms with Gasteiger partial charge in [-0.1, -0.05) is 78.1 Å². The first-order valence-corrected chi connectivity index (χ1v) is 8.75. The molecule has 0 amide bonds. The fraction of sp³-hybridized carbons (Fsp3) is 0. The average Bonchev–Trinajstić information content (AvgIpc) is 3.07. The van der Waals surface area contributed by atoms with E-state index in [4.69, 9.17) is 4.98 Å². The molecule has 0 aliphatic heterocycles. The molecule has 0 unspecified atom stereocenters. The molecule has 0 aliphatic rings. The number of nitrogens with one attached hydrogen (secondary N) is 1. The second-order valence-corrected chi connectivity index (χ2v) is 6.56. The summed E-state index contributed by atoms with van der Waals surface area (Å²) in [5, 5.41) is 5.15. The van der Waals surface area contributed by atoms with E-state index >= 15 is 0 Å². The molecule has 1 N–H and O–H groups in total. The third kappa shape index (κ3) is 3.44. The molecule has 0 bridgehead atoms. The van der Waals surface area contributed by atoms with E-state index < -0.39 is 0 Å². The van der Waals surface area contributed by atoms with Crippen molar-refractivity contribution in [1.29, 1.82) is 0 Å². The standard InChI is InChI=1S/C21H15FN2S/c22-17-12-7-13-18(14-17)23-21-19(15-8-3-1-4-9-15)24-20(25-21)16-10-5-2-6-11-16/h1-14,23H. The first-order valence-electron chi connectivity index (χ1n) is 7.94. The Morgan fingerprint density at radius 3 is 2.12 bits per heavy atom. The van der Waals surface area contributed by atoms with E-state index in [0.717, 1.165) is 26.8 Å². The minimum Gasteiger partial charge on any atom is -0.345 e. The SMILES string of the molecule is Fc1cccc(Nc2sc(-c3ccccc3)nc2-c2ccccc2)c1. The molecule has 122 valence electrons. The molecule has 25 heavy (non-hydrogen) atoms. The van der Waals surface area contributed by atoms with Crippen molar-refractivity contribution in [2.45, 2.75) is 0 Å². The van der Waals surface area contributed by atoms with Gasteiger partial charge in [0.15, 0.2) is 0 Å². The number of rotatable bonds is 4. The molecule has 0 saturated heterocycles. The quantitative estimate of drug-likeness (QED) is 0.465. The molecule has 0 spiro atoms. The minimum atomic E-state index is -0.265. The number of thiazole rings is 1. The van der Waals surface area contributed by atoms with Crippen molar-refractivity contribution in [3.05, 3.63) is 90.7 Å². The van der Waals surface area contributed by atoms with Gasteiger partial charge in [0, 0.05) is 16.8 Å². The number of aromatic nitrogens is 1. The second kappa shape index (κ2) is 6.87. The highest BCUT2D eigenvalue weighted by molar-refractivity contribution is 7.19. The normalized spacial score (nSPS) is 10.6. The Bertz CT molecular complexity index is 981. The third-order valence-corrected chi connectivity index (χ3v) is 4.80. The summed E-state index contributed by atoms with van der Waals surface area (Å²) in [7, 11) is 0. The van der Waals surface area contributed by atoms with Crippen LogP contribution in [-0.2, 0) is 0 Å². The fourth-order valence-corrected chi connectivity index (χ4v) is 3.61. The smallest absolute Gasteiger partial charge is 0.126 e. The van der Waals surface area contributed by atoms with Gasteiger partial charge in [0.1, 0.15) is 21.5 Å². The Morgan fingerprint density at radius 2 is 1.44 bits per heavy atom. The van der Waals surface area contributed by atoms with Gasteiger partial charge in [0.2, 0.25) is 0 Å². The maximum absolute atomic E-state index is 13.5. The molecule has 4 heteroatoms. The maximum atomic E-state index is 13.5. The maximum Gasteiger partial charge on any atom is 0.126 e. The first-order chi connectivity index (χ1) is 12.3. The number of halogens is 1. The molecular weight excluding hydrogens is 331 g/mol. The number of hydrogen-bond donors (Lipinski definition) is 1. The number of benzene rings is 3. The Labute approximate surface area is 149 Å². The van der Waals surface area contributed by atoms with E-state index in [9.17, 15) is 4.39 Å². The van der Waals surface area contributed by atoms with Gasteiger partial charge in [-0.25, -0.2) is 9.37 Å². The Balaban J connectivity index is 1.79. The van der Waals surface area contributed by atoms with E-state index in [1.165, 1.54) is 12.1 Å². The van der Waals surface area contributed by atoms with Crippen LogP contribution < -0.4 is 5.32 Å². The van der Waals surface area contributed by atoms with Crippen LogP contribution in [0.1, 0.15) is 0 Å². The molecule has 0 fully saturated rings. The zero-order chi connectivity index (χ0) is 17.1. The first kappa shape index (κ1) is 15.5. The van der Waals surface area contributed by atoms with Crippen molar-refractivity contribution in [3.63, 3.8) is 0 Å². The molecule has 0 atom stereocenters. The highest BCUT2D eigenvalue weighted by Gasteiger charge is 2.14. The van der Waals surface area contributed by atoms with Crippen molar-refractivity contribution in [2.24, 2.45) is 0 Å². The summed E-state index contributed by atoms with van der Waals surface area (Å²) in [4.78, 5) is 4.83. The van der Waals surface area contributed by atoms with Crippen molar-refractivity contribution in [3.8, 4) is 21.8 Å². The molecule has 0 saturated carbocycles. The van der Waals surface area contributed by atoms with Crippen molar-refractivity contribution >= 4 is 22.0 Å². The van der Waals surface area contributed by atoms with Crippen molar-refractivity contribution in [2.75, 3.05) is 5.32 Å². The molecule has 0 radical (unpaired) electrons. The predicted octanol–water partition coefficient (Wildman–Crippen LogP) is 6.36. The van der Waals surface area contributed by atoms with Crippen molar-refractivity contribution in [1.82, 2.24) is 4.98 Å². The topological polar surface area (TPSA) is 24.9 Å². The number of nitrogens with zero attached hydrogens (tertiary/aromatic N) is 1. The Hall–Kier alpha value is -2.98. The van der Waals surface area contributed by atoms with Gasteiger partial charge in [-0.05, 0) is 18.2 Å². The Kier molecular flexibility index (Phi) is 4.27. The molecule has 3 aromatic carbocycles. The van der Waals surface area contributed by atoms with Crippen LogP contribution in [0.5, 0.6) is 0 Å². The van der Waals surface area contributed by atoms with Gasteiger partial charge in [0.25, 0.3) is 0 Å². The van der Waals surface area contributed by atoms with Crippen LogP contribution in [0.15, 0.2) is 84.9 Å². The van der Waals surface area contributed by atoms with E-state index in [0.29, 0.717) is 5.69 Å². The molecule has 4 aromatic rings. The van der Waals surface area contributed by atoms with E-state index in [1.807, 2.05) is 66.7 Å². The predicted molar refractivity (Wildman–Crippen MR) is 103 cm³/mol. The van der Waals surface area contributed by atoms with Crippen LogP contribution in [0, 0.1) is 5.82 Å². The molecule has 1 heterocycles. The molecule has 2 nitrogen and oxygen atoms in total. The number of anilines is 2. The van der Waals surface area contributed by atoms with Gasteiger partial charge in [-0.3, -0.25) is 0 Å². The van der Waals surface area contributed by atoms with Gasteiger partial charge in [-0.2, -0.15) is 0 Å². The van der Waals surface area contributed by atoms with Crippen LogP contribution in [0.4, 0.5) is 15.1 Å².